The van der Waals surface area contributed by atoms with Crippen molar-refractivity contribution in [2.75, 3.05) is 6.54 Å². The van der Waals surface area contributed by atoms with E-state index >= 15 is 0 Å². The van der Waals surface area contributed by atoms with Gasteiger partial charge >= 0.3 is 0 Å². The van der Waals surface area contributed by atoms with E-state index in [1.807, 2.05) is 18.2 Å². The Bertz CT molecular complexity index is 366. The lowest BCUT2D eigenvalue weighted by Crippen LogP contribution is -2.34. The number of benzene rings is 1. The van der Waals surface area contributed by atoms with Crippen molar-refractivity contribution in [3.05, 3.63) is 28.8 Å². The third kappa shape index (κ3) is 4.87. The molecule has 18 heavy (non-hydrogen) atoms. The molecule has 0 spiro atoms. The molecule has 0 amide bonds. The van der Waals surface area contributed by atoms with Gasteiger partial charge in [0.25, 0.3) is 0 Å². The van der Waals surface area contributed by atoms with E-state index in [0.29, 0.717) is 6.04 Å². The molecule has 0 heterocycles. The molecule has 0 aliphatic carbocycles. The van der Waals surface area contributed by atoms with Crippen LogP contribution in [0.2, 0.25) is 5.02 Å². The lowest BCUT2D eigenvalue weighted by atomic mass is 10.1. The van der Waals surface area contributed by atoms with Crippen molar-refractivity contribution in [3.8, 4) is 5.75 Å². The number of rotatable bonds is 7. The van der Waals surface area contributed by atoms with Gasteiger partial charge < -0.3 is 10.1 Å². The van der Waals surface area contributed by atoms with Crippen LogP contribution in [0.3, 0.4) is 0 Å². The normalized spacial score (nSPS) is 12.8. The Kier molecular flexibility index (Phi) is 6.51. The SMILES string of the molecule is CCc1cc(OC(CC)CNC(C)C)ccc1Cl. The second kappa shape index (κ2) is 7.65. The third-order valence-electron chi connectivity index (χ3n) is 2.91. The van der Waals surface area contributed by atoms with Crippen molar-refractivity contribution in [3.63, 3.8) is 0 Å². The van der Waals surface area contributed by atoms with Crippen molar-refractivity contribution in [2.24, 2.45) is 0 Å². The van der Waals surface area contributed by atoms with Crippen LogP contribution >= 0.6 is 11.6 Å². The Balaban J connectivity index is 2.63. The topological polar surface area (TPSA) is 21.3 Å². The predicted octanol–water partition coefficient (Wildman–Crippen LogP) is 4.06. The Hall–Kier alpha value is -0.730. The smallest absolute Gasteiger partial charge is 0.120 e. The molecule has 0 aliphatic heterocycles. The lowest BCUT2D eigenvalue weighted by Gasteiger charge is -2.20. The summed E-state index contributed by atoms with van der Waals surface area (Å²) in [5.74, 6) is 0.911. The quantitative estimate of drug-likeness (QED) is 0.806. The predicted molar refractivity (Wildman–Crippen MR) is 78.7 cm³/mol. The fraction of sp³-hybridized carbons (Fsp3) is 0.600. The Labute approximate surface area is 116 Å². The summed E-state index contributed by atoms with van der Waals surface area (Å²) in [5, 5.41) is 4.22. The molecule has 102 valence electrons. The highest BCUT2D eigenvalue weighted by Crippen LogP contribution is 2.23. The summed E-state index contributed by atoms with van der Waals surface area (Å²) in [6, 6.07) is 6.39. The maximum atomic E-state index is 6.10. The zero-order valence-electron chi connectivity index (χ0n) is 11.8. The summed E-state index contributed by atoms with van der Waals surface area (Å²) in [7, 11) is 0. The first kappa shape index (κ1) is 15.3. The molecular weight excluding hydrogens is 246 g/mol. The van der Waals surface area contributed by atoms with Crippen molar-refractivity contribution in [2.45, 2.75) is 52.7 Å². The highest BCUT2D eigenvalue weighted by Gasteiger charge is 2.09. The minimum atomic E-state index is 0.207. The van der Waals surface area contributed by atoms with Crippen LogP contribution in [-0.2, 0) is 6.42 Å². The van der Waals surface area contributed by atoms with Gasteiger partial charge in [0, 0.05) is 17.6 Å². The van der Waals surface area contributed by atoms with Gasteiger partial charge in [-0.05, 0) is 36.6 Å². The van der Waals surface area contributed by atoms with E-state index in [4.69, 9.17) is 16.3 Å². The molecule has 0 fully saturated rings. The first-order valence-electron chi connectivity index (χ1n) is 6.75. The third-order valence-corrected chi connectivity index (χ3v) is 3.28. The van der Waals surface area contributed by atoms with Crippen LogP contribution in [0.5, 0.6) is 5.75 Å². The number of aryl methyl sites for hydroxylation is 1. The summed E-state index contributed by atoms with van der Waals surface area (Å²) in [5.41, 5.74) is 1.14. The second-order valence-electron chi connectivity index (χ2n) is 4.82. The summed E-state index contributed by atoms with van der Waals surface area (Å²) >= 11 is 6.10. The van der Waals surface area contributed by atoms with Gasteiger partial charge in [-0.15, -0.1) is 0 Å². The molecule has 0 aliphatic rings. The van der Waals surface area contributed by atoms with Crippen molar-refractivity contribution >= 4 is 11.6 Å². The molecule has 0 saturated heterocycles. The highest BCUT2D eigenvalue weighted by molar-refractivity contribution is 6.31. The Morgan fingerprint density at radius 3 is 2.56 bits per heavy atom. The van der Waals surface area contributed by atoms with Gasteiger partial charge in [-0.3, -0.25) is 0 Å². The molecule has 0 bridgehead atoms. The molecular formula is C15H24ClNO. The maximum Gasteiger partial charge on any atom is 0.120 e. The lowest BCUT2D eigenvalue weighted by molar-refractivity contribution is 0.190. The van der Waals surface area contributed by atoms with Crippen molar-refractivity contribution in [1.82, 2.24) is 5.32 Å². The molecule has 1 aromatic rings. The summed E-state index contributed by atoms with van der Waals surface area (Å²) in [4.78, 5) is 0. The largest absolute Gasteiger partial charge is 0.489 e. The van der Waals surface area contributed by atoms with Crippen LogP contribution < -0.4 is 10.1 Å². The maximum absolute atomic E-state index is 6.10. The Morgan fingerprint density at radius 1 is 1.28 bits per heavy atom. The number of halogens is 1. The van der Waals surface area contributed by atoms with Crippen molar-refractivity contribution in [1.29, 1.82) is 0 Å². The van der Waals surface area contributed by atoms with Gasteiger partial charge in [0.1, 0.15) is 11.9 Å². The van der Waals surface area contributed by atoms with E-state index in [1.165, 1.54) is 0 Å². The number of hydrogen-bond donors (Lipinski definition) is 1. The first-order chi connectivity index (χ1) is 8.56. The minimum absolute atomic E-state index is 0.207. The average molecular weight is 270 g/mol. The van der Waals surface area contributed by atoms with Gasteiger partial charge in [0.15, 0.2) is 0 Å². The summed E-state index contributed by atoms with van der Waals surface area (Å²) < 4.78 is 5.99. The number of hydrogen-bond acceptors (Lipinski definition) is 2. The van der Waals surface area contributed by atoms with Crippen LogP contribution in [0.15, 0.2) is 18.2 Å². The molecule has 3 heteroatoms. The number of nitrogens with one attached hydrogen (secondary N) is 1. The average Bonchev–Trinajstić information content (AvgIpc) is 2.36. The van der Waals surface area contributed by atoms with Crippen LogP contribution in [-0.4, -0.2) is 18.7 Å². The van der Waals surface area contributed by atoms with Gasteiger partial charge in [-0.2, -0.15) is 0 Å². The van der Waals surface area contributed by atoms with E-state index in [1.54, 1.807) is 0 Å². The van der Waals surface area contributed by atoms with Gasteiger partial charge in [-0.25, -0.2) is 0 Å². The fourth-order valence-corrected chi connectivity index (χ4v) is 1.98. The van der Waals surface area contributed by atoms with E-state index in [9.17, 15) is 0 Å². The van der Waals surface area contributed by atoms with Gasteiger partial charge in [0.2, 0.25) is 0 Å². The molecule has 0 radical (unpaired) electrons. The van der Waals surface area contributed by atoms with Crippen LogP contribution in [0.4, 0.5) is 0 Å². The van der Waals surface area contributed by atoms with Gasteiger partial charge in [-0.1, -0.05) is 39.3 Å². The molecule has 1 rings (SSSR count). The molecule has 2 nitrogen and oxygen atoms in total. The molecule has 1 N–H and O–H groups in total. The fourth-order valence-electron chi connectivity index (χ4n) is 1.72. The van der Waals surface area contributed by atoms with Crippen molar-refractivity contribution < 1.29 is 4.74 Å². The second-order valence-corrected chi connectivity index (χ2v) is 5.23. The minimum Gasteiger partial charge on any atom is -0.489 e. The van der Waals surface area contributed by atoms with E-state index in [0.717, 1.165) is 35.7 Å². The monoisotopic (exact) mass is 269 g/mol. The zero-order chi connectivity index (χ0) is 13.5. The molecule has 0 saturated carbocycles. The summed E-state index contributed by atoms with van der Waals surface area (Å²) in [6.07, 6.45) is 2.12. The zero-order valence-corrected chi connectivity index (χ0v) is 12.6. The van der Waals surface area contributed by atoms with E-state index in [-0.39, 0.29) is 6.10 Å². The standard InChI is InChI=1S/C15H24ClNO/c1-5-12-9-14(7-8-15(12)16)18-13(6-2)10-17-11(3)4/h7-9,11,13,17H,5-6,10H2,1-4H3. The highest BCUT2D eigenvalue weighted by atomic mass is 35.5. The van der Waals surface area contributed by atoms with E-state index in [2.05, 4.69) is 33.0 Å². The Morgan fingerprint density at radius 2 is 2.00 bits per heavy atom. The van der Waals surface area contributed by atoms with Gasteiger partial charge in [0.05, 0.1) is 0 Å². The summed E-state index contributed by atoms with van der Waals surface area (Å²) in [6.45, 7) is 9.40. The molecule has 1 unspecified atom stereocenters. The molecule has 0 aromatic heterocycles. The molecule has 1 atom stereocenters. The van der Waals surface area contributed by atoms with Crippen LogP contribution in [0.1, 0.15) is 39.7 Å². The molecule has 1 aromatic carbocycles. The van der Waals surface area contributed by atoms with Crippen LogP contribution in [0, 0.1) is 0 Å². The van der Waals surface area contributed by atoms with E-state index < -0.39 is 0 Å². The number of ether oxygens (including phenoxy) is 1. The van der Waals surface area contributed by atoms with Crippen LogP contribution in [0.25, 0.3) is 0 Å². The first-order valence-corrected chi connectivity index (χ1v) is 7.13.